The lowest BCUT2D eigenvalue weighted by molar-refractivity contribution is 1.19. The third-order valence-corrected chi connectivity index (χ3v) is 10.9. The number of hydrogen-bond donors (Lipinski definition) is 0. The molecule has 228 valence electrons. The van der Waals surface area contributed by atoms with Crippen molar-refractivity contribution in [2.75, 3.05) is 0 Å². The number of hydrogen-bond acceptors (Lipinski definition) is 3. The summed E-state index contributed by atoms with van der Waals surface area (Å²) in [5.41, 5.74) is 7.49. The molecule has 8 aromatic carbocycles. The van der Waals surface area contributed by atoms with Gasteiger partial charge in [-0.2, -0.15) is 0 Å². The lowest BCUT2D eigenvalue weighted by atomic mass is 9.92. The average Bonchev–Trinajstić information content (AvgIpc) is 3.58. The summed E-state index contributed by atoms with van der Waals surface area (Å²) in [4.78, 5) is 10.4. The number of aromatic nitrogens is 2. The average molecular weight is 641 g/mol. The van der Waals surface area contributed by atoms with Gasteiger partial charge in [0.1, 0.15) is 0 Å². The van der Waals surface area contributed by atoms with Crippen LogP contribution >= 0.6 is 11.3 Å². The van der Waals surface area contributed by atoms with Crippen LogP contribution in [0.3, 0.4) is 0 Å². The lowest BCUT2D eigenvalue weighted by Crippen LogP contribution is -1.96. The van der Waals surface area contributed by atoms with E-state index < -0.39 is 0 Å². The van der Waals surface area contributed by atoms with E-state index >= 15 is 0 Å². The van der Waals surface area contributed by atoms with Crippen molar-refractivity contribution in [1.82, 2.24) is 9.97 Å². The van der Waals surface area contributed by atoms with Crippen molar-refractivity contribution in [2.45, 2.75) is 0 Å². The van der Waals surface area contributed by atoms with E-state index in [4.69, 9.17) is 9.97 Å². The zero-order valence-corrected chi connectivity index (χ0v) is 27.3. The second kappa shape index (κ2) is 11.2. The number of benzene rings is 8. The molecule has 2 aromatic heterocycles. The maximum atomic E-state index is 5.20. The molecule has 0 unspecified atom stereocenters. The van der Waals surface area contributed by atoms with Gasteiger partial charge in [0.05, 0.1) is 11.4 Å². The van der Waals surface area contributed by atoms with Crippen LogP contribution in [0.15, 0.2) is 170 Å². The largest absolute Gasteiger partial charge is 0.228 e. The van der Waals surface area contributed by atoms with E-state index in [0.717, 1.165) is 33.9 Å². The van der Waals surface area contributed by atoms with Gasteiger partial charge in [0.2, 0.25) is 0 Å². The normalized spacial score (nSPS) is 11.7. The molecule has 0 atom stereocenters. The summed E-state index contributed by atoms with van der Waals surface area (Å²) in [6.07, 6.45) is 0. The quantitative estimate of drug-likeness (QED) is 0.179. The first-order valence-corrected chi connectivity index (χ1v) is 17.4. The molecule has 10 aromatic rings. The highest BCUT2D eigenvalue weighted by Gasteiger charge is 2.18. The van der Waals surface area contributed by atoms with Crippen molar-refractivity contribution >= 4 is 63.8 Å². The first-order chi connectivity index (χ1) is 24.3. The molecule has 0 bridgehead atoms. The summed E-state index contributed by atoms with van der Waals surface area (Å²) in [5.74, 6) is 0.736. The van der Waals surface area contributed by atoms with E-state index in [1.54, 1.807) is 0 Å². The van der Waals surface area contributed by atoms with Crippen LogP contribution in [0.5, 0.6) is 0 Å². The molecule has 0 saturated carbocycles. The number of rotatable bonds is 4. The monoisotopic (exact) mass is 640 g/mol. The smallest absolute Gasteiger partial charge is 0.161 e. The number of fused-ring (bicyclic) bond motifs is 9. The van der Waals surface area contributed by atoms with Gasteiger partial charge in [-0.1, -0.05) is 152 Å². The first kappa shape index (κ1) is 27.9. The van der Waals surface area contributed by atoms with Gasteiger partial charge in [-0.15, -0.1) is 11.3 Å². The van der Waals surface area contributed by atoms with Gasteiger partial charge in [-0.05, 0) is 61.6 Å². The fourth-order valence-electron chi connectivity index (χ4n) is 7.42. The summed E-state index contributed by atoms with van der Waals surface area (Å²) in [5, 5.41) is 10.2. The third kappa shape index (κ3) is 4.55. The molecule has 0 fully saturated rings. The van der Waals surface area contributed by atoms with Crippen molar-refractivity contribution in [3.8, 4) is 45.0 Å². The summed E-state index contributed by atoms with van der Waals surface area (Å²) in [7, 11) is 0. The minimum atomic E-state index is 0.736. The molecule has 0 spiro atoms. The second-order valence-electron chi connectivity index (χ2n) is 12.5. The standard InChI is InChI=1S/C46H28N2S/c1-3-13-29(14-4-1)41-28-42(30-15-5-2-6-16-30)48-46(47-41)39-23-12-24-43-44(39)38-22-11-21-32(45(38)49-43)31-25-26-37-35-19-8-7-17-33(35)34-18-9-10-20-36(34)40(37)27-31/h1-28H. The van der Waals surface area contributed by atoms with E-state index in [1.165, 1.54) is 63.6 Å². The van der Waals surface area contributed by atoms with E-state index in [-0.39, 0.29) is 0 Å². The second-order valence-corrected chi connectivity index (χ2v) is 13.6. The number of thiophene rings is 1. The van der Waals surface area contributed by atoms with Crippen molar-refractivity contribution in [3.05, 3.63) is 170 Å². The van der Waals surface area contributed by atoms with Gasteiger partial charge in [0.25, 0.3) is 0 Å². The Balaban J connectivity index is 1.20. The zero-order valence-electron chi connectivity index (χ0n) is 26.5. The van der Waals surface area contributed by atoms with Gasteiger partial charge >= 0.3 is 0 Å². The summed E-state index contributed by atoms with van der Waals surface area (Å²) < 4.78 is 2.50. The summed E-state index contributed by atoms with van der Waals surface area (Å²) in [6, 6.07) is 60.7. The Labute approximate surface area is 287 Å². The molecular weight excluding hydrogens is 613 g/mol. The van der Waals surface area contributed by atoms with E-state index in [0.29, 0.717) is 0 Å². The molecule has 0 aliphatic carbocycles. The Hall–Kier alpha value is -6.16. The Morgan fingerprint density at radius 3 is 1.49 bits per heavy atom. The summed E-state index contributed by atoms with van der Waals surface area (Å²) >= 11 is 1.85. The SMILES string of the molecule is c1ccc(-c2cc(-c3ccccc3)nc(-c3cccc4sc5c(-c6ccc7c8ccccc8c8ccccc8c7c6)cccc5c34)n2)cc1. The molecule has 3 heteroatoms. The van der Waals surface area contributed by atoms with Crippen LogP contribution in [0, 0.1) is 0 Å². The maximum Gasteiger partial charge on any atom is 0.161 e. The van der Waals surface area contributed by atoms with E-state index in [2.05, 4.69) is 158 Å². The van der Waals surface area contributed by atoms with Crippen LogP contribution in [-0.4, -0.2) is 9.97 Å². The topological polar surface area (TPSA) is 25.8 Å². The Morgan fingerprint density at radius 2 is 0.857 bits per heavy atom. The molecule has 0 saturated heterocycles. The van der Waals surface area contributed by atoms with Crippen LogP contribution in [0.25, 0.3) is 97.5 Å². The fourth-order valence-corrected chi connectivity index (χ4v) is 8.68. The minimum absolute atomic E-state index is 0.736. The van der Waals surface area contributed by atoms with Crippen LogP contribution in [0.4, 0.5) is 0 Å². The van der Waals surface area contributed by atoms with Crippen molar-refractivity contribution in [1.29, 1.82) is 0 Å². The third-order valence-electron chi connectivity index (χ3n) is 9.68. The van der Waals surface area contributed by atoms with Gasteiger partial charge in [0, 0.05) is 36.9 Å². The van der Waals surface area contributed by atoms with Gasteiger partial charge in [0.15, 0.2) is 5.82 Å². The Morgan fingerprint density at radius 1 is 0.347 bits per heavy atom. The van der Waals surface area contributed by atoms with Gasteiger partial charge in [-0.25, -0.2) is 9.97 Å². The Kier molecular flexibility index (Phi) is 6.39. The Bertz CT molecular complexity index is 2780. The fraction of sp³-hybridized carbons (Fsp3) is 0. The van der Waals surface area contributed by atoms with Crippen LogP contribution in [-0.2, 0) is 0 Å². The molecule has 10 rings (SSSR count). The maximum absolute atomic E-state index is 5.20. The molecular formula is C46H28N2S. The van der Waals surface area contributed by atoms with Crippen LogP contribution in [0.2, 0.25) is 0 Å². The van der Waals surface area contributed by atoms with Gasteiger partial charge < -0.3 is 0 Å². The number of nitrogens with zero attached hydrogens (tertiary/aromatic N) is 2. The molecule has 0 N–H and O–H groups in total. The molecule has 0 aliphatic rings. The molecule has 0 radical (unpaired) electrons. The van der Waals surface area contributed by atoms with Crippen molar-refractivity contribution in [3.63, 3.8) is 0 Å². The van der Waals surface area contributed by atoms with Crippen LogP contribution in [0.1, 0.15) is 0 Å². The zero-order chi connectivity index (χ0) is 32.3. The predicted octanol–water partition coefficient (Wildman–Crippen LogP) is 13.0. The van der Waals surface area contributed by atoms with Gasteiger partial charge in [-0.3, -0.25) is 0 Å². The van der Waals surface area contributed by atoms with E-state index in [9.17, 15) is 0 Å². The molecule has 49 heavy (non-hydrogen) atoms. The first-order valence-electron chi connectivity index (χ1n) is 16.6. The minimum Gasteiger partial charge on any atom is -0.228 e. The highest BCUT2D eigenvalue weighted by Crippen LogP contribution is 2.45. The lowest BCUT2D eigenvalue weighted by Gasteiger charge is -2.12. The van der Waals surface area contributed by atoms with Crippen LogP contribution < -0.4 is 0 Å². The molecule has 2 nitrogen and oxygen atoms in total. The van der Waals surface area contributed by atoms with Crippen molar-refractivity contribution in [2.24, 2.45) is 0 Å². The summed E-state index contributed by atoms with van der Waals surface area (Å²) in [6.45, 7) is 0. The highest BCUT2D eigenvalue weighted by atomic mass is 32.1. The molecule has 0 amide bonds. The highest BCUT2D eigenvalue weighted by molar-refractivity contribution is 7.26. The van der Waals surface area contributed by atoms with Crippen molar-refractivity contribution < 1.29 is 0 Å². The molecule has 0 aliphatic heterocycles. The molecule has 2 heterocycles. The van der Waals surface area contributed by atoms with E-state index in [1.807, 2.05) is 23.5 Å². The predicted molar refractivity (Wildman–Crippen MR) is 209 cm³/mol.